The summed E-state index contributed by atoms with van der Waals surface area (Å²) in [5, 5.41) is 0. The van der Waals surface area contributed by atoms with Gasteiger partial charge in [0.2, 0.25) is 0 Å². The summed E-state index contributed by atoms with van der Waals surface area (Å²) in [5.74, 6) is 2.55. The second kappa shape index (κ2) is 4.66. The summed E-state index contributed by atoms with van der Waals surface area (Å²) in [6, 6.07) is 7.55. The predicted octanol–water partition coefficient (Wildman–Crippen LogP) is 1.31. The first-order chi connectivity index (χ1) is 6.27. The molecule has 2 heteroatoms. The third-order valence-corrected chi connectivity index (χ3v) is 1.85. The number of nitrogens with two attached hydrogens (primary N) is 1. The fourth-order valence-corrected chi connectivity index (χ4v) is 1.10. The normalized spacial score (nSPS) is 12.1. The van der Waals surface area contributed by atoms with Crippen molar-refractivity contribution in [1.29, 1.82) is 0 Å². The first-order valence-corrected chi connectivity index (χ1v) is 4.09. The zero-order chi connectivity index (χ0) is 9.68. The number of benzene rings is 1. The van der Waals surface area contributed by atoms with Gasteiger partial charge in [-0.15, -0.1) is 6.42 Å². The average Bonchev–Trinajstić information content (AvgIpc) is 2.18. The van der Waals surface area contributed by atoms with Crippen LogP contribution in [-0.2, 0) is 4.74 Å². The Bertz CT molecular complexity index is 297. The molecule has 0 saturated carbocycles. The molecule has 13 heavy (non-hydrogen) atoms. The Labute approximate surface area is 78.7 Å². The maximum absolute atomic E-state index is 5.82. The summed E-state index contributed by atoms with van der Waals surface area (Å²) < 4.78 is 4.95. The highest BCUT2D eigenvalue weighted by Crippen LogP contribution is 2.11. The maximum atomic E-state index is 5.82. The molecule has 2 N–H and O–H groups in total. The van der Waals surface area contributed by atoms with E-state index in [9.17, 15) is 0 Å². The first kappa shape index (κ1) is 9.79. The SMILES string of the molecule is C#Cc1ccc(C(N)COC)cc1. The lowest BCUT2D eigenvalue weighted by Crippen LogP contribution is -2.15. The van der Waals surface area contributed by atoms with Crippen molar-refractivity contribution >= 4 is 0 Å². The highest BCUT2D eigenvalue weighted by molar-refractivity contribution is 5.35. The van der Waals surface area contributed by atoms with Crippen molar-refractivity contribution in [2.45, 2.75) is 6.04 Å². The lowest BCUT2D eigenvalue weighted by atomic mass is 10.1. The highest BCUT2D eigenvalue weighted by Gasteiger charge is 2.03. The third-order valence-electron chi connectivity index (χ3n) is 1.85. The van der Waals surface area contributed by atoms with E-state index in [0.717, 1.165) is 11.1 Å². The van der Waals surface area contributed by atoms with Crippen LogP contribution in [0.3, 0.4) is 0 Å². The van der Waals surface area contributed by atoms with E-state index in [1.807, 2.05) is 24.3 Å². The molecule has 0 aliphatic rings. The lowest BCUT2D eigenvalue weighted by molar-refractivity contribution is 0.181. The molecule has 1 aromatic carbocycles. The van der Waals surface area contributed by atoms with Crippen LogP contribution in [0.4, 0.5) is 0 Å². The molecule has 0 heterocycles. The zero-order valence-electron chi connectivity index (χ0n) is 7.66. The van der Waals surface area contributed by atoms with E-state index in [0.29, 0.717) is 6.61 Å². The van der Waals surface area contributed by atoms with Crippen molar-refractivity contribution in [1.82, 2.24) is 0 Å². The van der Waals surface area contributed by atoms with Crippen LogP contribution in [0.15, 0.2) is 24.3 Å². The molecule has 0 spiro atoms. The molecule has 1 rings (SSSR count). The number of terminal acetylenes is 1. The van der Waals surface area contributed by atoms with Crippen molar-refractivity contribution in [3.05, 3.63) is 35.4 Å². The molecular weight excluding hydrogens is 162 g/mol. The molecule has 1 atom stereocenters. The van der Waals surface area contributed by atoms with Crippen LogP contribution in [0.2, 0.25) is 0 Å². The molecule has 0 saturated heterocycles. The number of hydrogen-bond donors (Lipinski definition) is 1. The van der Waals surface area contributed by atoms with Gasteiger partial charge in [-0.3, -0.25) is 0 Å². The molecule has 0 fully saturated rings. The van der Waals surface area contributed by atoms with E-state index in [1.165, 1.54) is 0 Å². The third kappa shape index (κ3) is 2.59. The van der Waals surface area contributed by atoms with Crippen molar-refractivity contribution in [2.75, 3.05) is 13.7 Å². The van der Waals surface area contributed by atoms with Crippen LogP contribution in [0, 0.1) is 12.3 Å². The van der Waals surface area contributed by atoms with Gasteiger partial charge in [-0.2, -0.15) is 0 Å². The van der Waals surface area contributed by atoms with Gasteiger partial charge in [-0.1, -0.05) is 18.1 Å². The van der Waals surface area contributed by atoms with E-state index in [1.54, 1.807) is 7.11 Å². The van der Waals surface area contributed by atoms with E-state index in [-0.39, 0.29) is 6.04 Å². The number of ether oxygens (including phenoxy) is 1. The molecule has 0 amide bonds. The lowest BCUT2D eigenvalue weighted by Gasteiger charge is -2.10. The zero-order valence-corrected chi connectivity index (χ0v) is 7.66. The van der Waals surface area contributed by atoms with E-state index < -0.39 is 0 Å². The van der Waals surface area contributed by atoms with Crippen molar-refractivity contribution < 1.29 is 4.74 Å². The summed E-state index contributed by atoms with van der Waals surface area (Å²) in [6.07, 6.45) is 5.23. The number of rotatable bonds is 3. The Morgan fingerprint density at radius 3 is 2.54 bits per heavy atom. The molecular formula is C11H13NO. The number of hydrogen-bond acceptors (Lipinski definition) is 2. The van der Waals surface area contributed by atoms with Crippen molar-refractivity contribution in [3.8, 4) is 12.3 Å². The second-order valence-electron chi connectivity index (χ2n) is 2.83. The molecule has 0 radical (unpaired) electrons. The van der Waals surface area contributed by atoms with E-state index in [2.05, 4.69) is 5.92 Å². The standard InChI is InChI=1S/C11H13NO/c1-3-9-4-6-10(7-5-9)11(12)8-13-2/h1,4-7,11H,8,12H2,2H3. The van der Waals surface area contributed by atoms with Gasteiger partial charge in [-0.05, 0) is 17.7 Å². The Morgan fingerprint density at radius 2 is 2.08 bits per heavy atom. The van der Waals surface area contributed by atoms with Crippen LogP contribution in [0.5, 0.6) is 0 Å². The van der Waals surface area contributed by atoms with Gasteiger partial charge in [0.15, 0.2) is 0 Å². The van der Waals surface area contributed by atoms with Crippen molar-refractivity contribution in [3.63, 3.8) is 0 Å². The Kier molecular flexibility index (Phi) is 3.51. The summed E-state index contributed by atoms with van der Waals surface area (Å²) in [6.45, 7) is 0.523. The minimum absolute atomic E-state index is 0.0724. The molecule has 0 aliphatic heterocycles. The van der Waals surface area contributed by atoms with Gasteiger partial charge in [0.1, 0.15) is 0 Å². The summed E-state index contributed by atoms with van der Waals surface area (Å²) >= 11 is 0. The fourth-order valence-electron chi connectivity index (χ4n) is 1.10. The molecule has 1 unspecified atom stereocenters. The van der Waals surface area contributed by atoms with Gasteiger partial charge in [0.25, 0.3) is 0 Å². The smallest absolute Gasteiger partial charge is 0.0655 e. The highest BCUT2D eigenvalue weighted by atomic mass is 16.5. The molecule has 1 aromatic rings. The Hall–Kier alpha value is -1.30. The van der Waals surface area contributed by atoms with Crippen LogP contribution in [0.1, 0.15) is 17.2 Å². The monoisotopic (exact) mass is 175 g/mol. The largest absolute Gasteiger partial charge is 0.383 e. The average molecular weight is 175 g/mol. The molecule has 0 aromatic heterocycles. The molecule has 2 nitrogen and oxygen atoms in total. The Morgan fingerprint density at radius 1 is 1.46 bits per heavy atom. The van der Waals surface area contributed by atoms with Crippen LogP contribution >= 0.6 is 0 Å². The molecule has 0 bridgehead atoms. The number of methoxy groups -OCH3 is 1. The van der Waals surface area contributed by atoms with Crippen LogP contribution in [0.25, 0.3) is 0 Å². The van der Waals surface area contributed by atoms with Crippen LogP contribution < -0.4 is 5.73 Å². The summed E-state index contributed by atoms with van der Waals surface area (Å²) in [5.41, 5.74) is 7.73. The van der Waals surface area contributed by atoms with Gasteiger partial charge >= 0.3 is 0 Å². The predicted molar refractivity (Wildman–Crippen MR) is 53.2 cm³/mol. The molecule has 0 aliphatic carbocycles. The quantitative estimate of drug-likeness (QED) is 0.703. The molecule has 68 valence electrons. The second-order valence-corrected chi connectivity index (χ2v) is 2.83. The van der Waals surface area contributed by atoms with Gasteiger partial charge in [0, 0.05) is 12.7 Å². The maximum Gasteiger partial charge on any atom is 0.0655 e. The summed E-state index contributed by atoms with van der Waals surface area (Å²) in [4.78, 5) is 0. The van der Waals surface area contributed by atoms with E-state index in [4.69, 9.17) is 16.9 Å². The van der Waals surface area contributed by atoms with Gasteiger partial charge in [-0.25, -0.2) is 0 Å². The van der Waals surface area contributed by atoms with Gasteiger partial charge in [0.05, 0.1) is 12.6 Å². The van der Waals surface area contributed by atoms with Crippen molar-refractivity contribution in [2.24, 2.45) is 5.73 Å². The summed E-state index contributed by atoms with van der Waals surface area (Å²) in [7, 11) is 1.63. The van der Waals surface area contributed by atoms with Crippen LogP contribution in [-0.4, -0.2) is 13.7 Å². The topological polar surface area (TPSA) is 35.2 Å². The Balaban J connectivity index is 2.75. The minimum atomic E-state index is -0.0724. The fraction of sp³-hybridized carbons (Fsp3) is 0.273. The first-order valence-electron chi connectivity index (χ1n) is 4.09. The minimum Gasteiger partial charge on any atom is -0.383 e. The van der Waals surface area contributed by atoms with Gasteiger partial charge < -0.3 is 10.5 Å². The van der Waals surface area contributed by atoms with E-state index >= 15 is 0 Å².